The highest BCUT2D eigenvalue weighted by atomic mass is 16.6. The highest BCUT2D eigenvalue weighted by Gasteiger charge is 2.21. The van der Waals surface area contributed by atoms with Crippen molar-refractivity contribution in [2.45, 2.75) is 26.0 Å². The highest BCUT2D eigenvalue weighted by molar-refractivity contribution is 5.40. The van der Waals surface area contributed by atoms with Gasteiger partial charge >= 0.3 is 0 Å². The third-order valence-corrected chi connectivity index (χ3v) is 3.23. The van der Waals surface area contributed by atoms with Crippen molar-refractivity contribution in [2.24, 2.45) is 11.7 Å². The molecule has 1 aromatic carbocycles. The van der Waals surface area contributed by atoms with Crippen molar-refractivity contribution < 1.29 is 9.47 Å². The highest BCUT2D eigenvalue weighted by Crippen LogP contribution is 2.30. The van der Waals surface area contributed by atoms with Gasteiger partial charge in [-0.1, -0.05) is 26.0 Å². The number of ether oxygens (including phenoxy) is 2. The maximum absolute atomic E-state index is 5.88. The smallest absolute Gasteiger partial charge is 0.161 e. The Balaban J connectivity index is 1.86. The molecule has 4 nitrogen and oxygen atoms in total. The van der Waals surface area contributed by atoms with Crippen LogP contribution in [0, 0.1) is 5.92 Å². The van der Waals surface area contributed by atoms with E-state index < -0.39 is 0 Å². The molecule has 0 aliphatic carbocycles. The zero-order chi connectivity index (χ0) is 13.0. The zero-order valence-electron chi connectivity index (χ0n) is 11.1. The first-order valence-electron chi connectivity index (χ1n) is 6.52. The van der Waals surface area contributed by atoms with Gasteiger partial charge in [-0.3, -0.25) is 0 Å². The van der Waals surface area contributed by atoms with E-state index in [-0.39, 0.29) is 6.10 Å². The van der Waals surface area contributed by atoms with Gasteiger partial charge in [0.1, 0.15) is 12.7 Å². The largest absolute Gasteiger partial charge is 0.486 e. The fraction of sp³-hybridized carbons (Fsp3) is 0.571. The summed E-state index contributed by atoms with van der Waals surface area (Å²) >= 11 is 0. The minimum atomic E-state index is 0.0488. The summed E-state index contributed by atoms with van der Waals surface area (Å²) in [6.45, 7) is 6.31. The lowest BCUT2D eigenvalue weighted by atomic mass is 10.0. The molecule has 2 atom stereocenters. The van der Waals surface area contributed by atoms with E-state index >= 15 is 0 Å². The van der Waals surface area contributed by atoms with E-state index in [4.69, 9.17) is 15.2 Å². The van der Waals surface area contributed by atoms with Gasteiger partial charge in [-0.15, -0.1) is 0 Å². The standard InChI is InChI=1S/C14H22N2O2/c1-10(2)12(7-15)16-8-11-9-17-13-5-3-4-6-14(13)18-11/h3-6,10-12,16H,7-9,15H2,1-2H3. The van der Waals surface area contributed by atoms with Gasteiger partial charge in [-0.05, 0) is 18.1 Å². The maximum atomic E-state index is 5.88. The molecule has 18 heavy (non-hydrogen) atoms. The molecule has 1 heterocycles. The summed E-state index contributed by atoms with van der Waals surface area (Å²) < 4.78 is 11.5. The number of nitrogens with one attached hydrogen (secondary N) is 1. The minimum absolute atomic E-state index is 0.0488. The second-order valence-corrected chi connectivity index (χ2v) is 4.99. The molecule has 0 aromatic heterocycles. The van der Waals surface area contributed by atoms with Crippen LogP contribution in [0.3, 0.4) is 0 Å². The monoisotopic (exact) mass is 250 g/mol. The summed E-state index contributed by atoms with van der Waals surface area (Å²) in [6.07, 6.45) is 0.0488. The topological polar surface area (TPSA) is 56.5 Å². The van der Waals surface area contributed by atoms with Gasteiger partial charge in [0.25, 0.3) is 0 Å². The molecule has 0 saturated carbocycles. The second kappa shape index (κ2) is 6.07. The molecule has 0 fully saturated rings. The Kier molecular flexibility index (Phi) is 4.44. The van der Waals surface area contributed by atoms with Gasteiger partial charge in [-0.25, -0.2) is 0 Å². The van der Waals surface area contributed by atoms with Gasteiger partial charge < -0.3 is 20.5 Å². The van der Waals surface area contributed by atoms with Gasteiger partial charge in [0.05, 0.1) is 0 Å². The average molecular weight is 250 g/mol. The van der Waals surface area contributed by atoms with Crippen molar-refractivity contribution in [3.8, 4) is 11.5 Å². The Morgan fingerprint density at radius 1 is 1.33 bits per heavy atom. The van der Waals surface area contributed by atoms with E-state index in [1.807, 2.05) is 24.3 Å². The number of hydrogen-bond acceptors (Lipinski definition) is 4. The molecule has 1 aliphatic heterocycles. The first-order valence-corrected chi connectivity index (χ1v) is 6.52. The molecule has 100 valence electrons. The van der Waals surface area contributed by atoms with Crippen molar-refractivity contribution in [3.63, 3.8) is 0 Å². The van der Waals surface area contributed by atoms with Crippen LogP contribution < -0.4 is 20.5 Å². The van der Waals surface area contributed by atoms with Crippen LogP contribution in [0.2, 0.25) is 0 Å². The van der Waals surface area contributed by atoms with Gasteiger partial charge in [0.2, 0.25) is 0 Å². The molecule has 4 heteroatoms. The first-order chi connectivity index (χ1) is 8.70. The molecule has 1 aliphatic rings. The Morgan fingerprint density at radius 2 is 2.06 bits per heavy atom. The van der Waals surface area contributed by atoms with E-state index in [0.29, 0.717) is 25.1 Å². The molecular formula is C14H22N2O2. The van der Waals surface area contributed by atoms with E-state index in [2.05, 4.69) is 19.2 Å². The van der Waals surface area contributed by atoms with Crippen molar-refractivity contribution in [1.82, 2.24) is 5.32 Å². The van der Waals surface area contributed by atoms with Crippen LogP contribution in [0.1, 0.15) is 13.8 Å². The van der Waals surface area contributed by atoms with Gasteiger partial charge in [0.15, 0.2) is 11.5 Å². The Bertz CT molecular complexity index is 382. The summed E-state index contributed by atoms with van der Waals surface area (Å²) in [6, 6.07) is 8.09. The fourth-order valence-electron chi connectivity index (χ4n) is 2.04. The zero-order valence-corrected chi connectivity index (χ0v) is 11.1. The molecular weight excluding hydrogens is 228 g/mol. The molecule has 1 aromatic rings. The fourth-order valence-corrected chi connectivity index (χ4v) is 2.04. The number of benzene rings is 1. The van der Waals surface area contributed by atoms with Crippen LogP contribution in [0.5, 0.6) is 11.5 Å². The van der Waals surface area contributed by atoms with Crippen molar-refractivity contribution in [2.75, 3.05) is 19.7 Å². The van der Waals surface area contributed by atoms with Crippen LogP contribution in [-0.4, -0.2) is 31.8 Å². The number of para-hydroxylation sites is 2. The van der Waals surface area contributed by atoms with Crippen LogP contribution in [0.4, 0.5) is 0 Å². The minimum Gasteiger partial charge on any atom is -0.486 e. The predicted molar refractivity (Wildman–Crippen MR) is 72.0 cm³/mol. The molecule has 0 bridgehead atoms. The van der Waals surface area contributed by atoms with Crippen molar-refractivity contribution >= 4 is 0 Å². The first kappa shape index (κ1) is 13.2. The third-order valence-electron chi connectivity index (χ3n) is 3.23. The van der Waals surface area contributed by atoms with Crippen molar-refractivity contribution in [1.29, 1.82) is 0 Å². The number of rotatable bonds is 5. The molecule has 0 saturated heterocycles. The predicted octanol–water partition coefficient (Wildman–Crippen LogP) is 1.40. The Hall–Kier alpha value is -1.26. The van der Waals surface area contributed by atoms with Crippen molar-refractivity contribution in [3.05, 3.63) is 24.3 Å². The maximum Gasteiger partial charge on any atom is 0.161 e. The van der Waals surface area contributed by atoms with Gasteiger partial charge in [0, 0.05) is 19.1 Å². The molecule has 0 amide bonds. The van der Waals surface area contributed by atoms with Crippen LogP contribution in [0.15, 0.2) is 24.3 Å². The average Bonchev–Trinajstić information content (AvgIpc) is 2.39. The van der Waals surface area contributed by atoms with E-state index in [0.717, 1.165) is 18.0 Å². The summed E-state index contributed by atoms with van der Waals surface area (Å²) in [5.41, 5.74) is 5.73. The lowest BCUT2D eigenvalue weighted by molar-refractivity contribution is 0.0869. The number of nitrogens with two attached hydrogens (primary N) is 1. The number of fused-ring (bicyclic) bond motifs is 1. The van der Waals surface area contributed by atoms with Crippen LogP contribution in [0.25, 0.3) is 0 Å². The summed E-state index contributed by atoms with van der Waals surface area (Å²) in [7, 11) is 0. The molecule has 0 radical (unpaired) electrons. The van der Waals surface area contributed by atoms with E-state index in [1.165, 1.54) is 0 Å². The molecule has 3 N–H and O–H groups in total. The Morgan fingerprint density at radius 3 is 2.72 bits per heavy atom. The van der Waals surface area contributed by atoms with Crippen LogP contribution >= 0.6 is 0 Å². The molecule has 0 spiro atoms. The lowest BCUT2D eigenvalue weighted by Gasteiger charge is -2.29. The Labute approximate surface area is 108 Å². The lowest BCUT2D eigenvalue weighted by Crippen LogP contribution is -2.47. The number of hydrogen-bond donors (Lipinski definition) is 2. The SMILES string of the molecule is CC(C)C(CN)NCC1COc2ccccc2O1. The second-order valence-electron chi connectivity index (χ2n) is 4.99. The summed E-state index contributed by atoms with van der Waals surface area (Å²) in [4.78, 5) is 0. The third kappa shape index (κ3) is 3.15. The van der Waals surface area contributed by atoms with E-state index in [9.17, 15) is 0 Å². The van der Waals surface area contributed by atoms with Gasteiger partial charge in [-0.2, -0.15) is 0 Å². The quantitative estimate of drug-likeness (QED) is 0.829. The molecule has 2 rings (SSSR count). The van der Waals surface area contributed by atoms with Crippen LogP contribution in [-0.2, 0) is 0 Å². The molecule has 2 unspecified atom stereocenters. The normalized spacial score (nSPS) is 19.9. The summed E-state index contributed by atoms with van der Waals surface area (Å²) in [5.74, 6) is 2.17. The summed E-state index contributed by atoms with van der Waals surface area (Å²) in [5, 5.41) is 3.44. The van der Waals surface area contributed by atoms with E-state index in [1.54, 1.807) is 0 Å².